The maximum Gasteiger partial charge on any atom is 0.411 e. The molecule has 0 saturated heterocycles. The van der Waals surface area contributed by atoms with Crippen molar-refractivity contribution in [3.63, 3.8) is 0 Å². The third-order valence-corrected chi connectivity index (χ3v) is 4.82. The van der Waals surface area contributed by atoms with Crippen molar-refractivity contribution in [2.75, 3.05) is 39.7 Å². The molecule has 0 unspecified atom stereocenters. The highest BCUT2D eigenvalue weighted by Crippen LogP contribution is 2.31. The first-order chi connectivity index (χ1) is 14.7. The Morgan fingerprint density at radius 2 is 2.10 bits per heavy atom. The highest BCUT2D eigenvalue weighted by Gasteiger charge is 2.31. The number of anilines is 1. The third-order valence-electron chi connectivity index (χ3n) is 4.82. The molecule has 31 heavy (non-hydrogen) atoms. The molecule has 1 aromatic carbocycles. The van der Waals surface area contributed by atoms with Crippen LogP contribution in [0.5, 0.6) is 0 Å². The van der Waals surface area contributed by atoms with Crippen LogP contribution in [0, 0.1) is 11.3 Å². The maximum absolute atomic E-state index is 13.0. The summed E-state index contributed by atoms with van der Waals surface area (Å²) >= 11 is 0. The lowest BCUT2D eigenvalue weighted by Crippen LogP contribution is -2.49. The van der Waals surface area contributed by atoms with E-state index in [4.69, 9.17) is 0 Å². The molecule has 11 heteroatoms. The number of aromatic nitrogens is 2. The number of hydrogen-bond donors (Lipinski definition) is 2. The number of methoxy groups -OCH3 is 1. The van der Waals surface area contributed by atoms with Gasteiger partial charge in [0.15, 0.2) is 0 Å². The predicted molar refractivity (Wildman–Crippen MR) is 111 cm³/mol. The van der Waals surface area contributed by atoms with E-state index in [-0.39, 0.29) is 24.6 Å². The molecular weight excluding hydrogens is 402 g/mol. The number of fused-ring (bicyclic) bond motifs is 1. The second kappa shape index (κ2) is 8.74. The number of hydrogen-bond acceptors (Lipinski definition) is 6. The van der Waals surface area contributed by atoms with Gasteiger partial charge >= 0.3 is 12.1 Å². The van der Waals surface area contributed by atoms with Crippen molar-refractivity contribution in [3.8, 4) is 17.3 Å². The number of benzene rings is 1. The van der Waals surface area contributed by atoms with Crippen LogP contribution in [-0.4, -0.2) is 72.0 Å². The van der Waals surface area contributed by atoms with Crippen molar-refractivity contribution in [1.82, 2.24) is 24.9 Å². The van der Waals surface area contributed by atoms with E-state index < -0.39 is 6.09 Å². The van der Waals surface area contributed by atoms with Gasteiger partial charge in [0.2, 0.25) is 0 Å². The number of carbonyl (C=O) groups is 3. The zero-order valence-electron chi connectivity index (χ0n) is 17.7. The molecule has 0 fully saturated rings. The van der Waals surface area contributed by atoms with Crippen LogP contribution in [0.1, 0.15) is 29.0 Å². The third kappa shape index (κ3) is 4.42. The van der Waals surface area contributed by atoms with Crippen LogP contribution in [0.4, 0.5) is 15.3 Å². The van der Waals surface area contributed by atoms with Gasteiger partial charge in [0.05, 0.1) is 42.8 Å². The molecule has 1 aliphatic rings. The Morgan fingerprint density at radius 3 is 2.74 bits per heavy atom. The van der Waals surface area contributed by atoms with Crippen molar-refractivity contribution in [2.24, 2.45) is 0 Å². The van der Waals surface area contributed by atoms with Gasteiger partial charge in [-0.3, -0.25) is 14.8 Å². The molecule has 1 aliphatic heterocycles. The Bertz CT molecular complexity index is 1070. The zero-order chi connectivity index (χ0) is 22.7. The summed E-state index contributed by atoms with van der Waals surface area (Å²) in [6.07, 6.45) is -0.687. The number of nitrogens with one attached hydrogen (secondary N) is 2. The topological polar surface area (TPSA) is 133 Å². The fourth-order valence-corrected chi connectivity index (χ4v) is 3.22. The lowest BCUT2D eigenvalue weighted by atomic mass is 10.1. The average Bonchev–Trinajstić information content (AvgIpc) is 3.20. The monoisotopic (exact) mass is 425 g/mol. The highest BCUT2D eigenvalue weighted by atomic mass is 16.5. The lowest BCUT2D eigenvalue weighted by molar-refractivity contribution is 0.0654. The quantitative estimate of drug-likeness (QED) is 0.768. The summed E-state index contributed by atoms with van der Waals surface area (Å²) in [6.45, 7) is 2.37. The molecule has 0 aliphatic carbocycles. The van der Waals surface area contributed by atoms with Gasteiger partial charge < -0.3 is 19.9 Å². The molecule has 0 bridgehead atoms. The van der Waals surface area contributed by atoms with Gasteiger partial charge in [0.1, 0.15) is 5.69 Å². The minimum Gasteiger partial charge on any atom is -0.453 e. The average molecular weight is 425 g/mol. The van der Waals surface area contributed by atoms with Gasteiger partial charge in [0.25, 0.3) is 5.91 Å². The van der Waals surface area contributed by atoms with E-state index in [1.54, 1.807) is 41.9 Å². The summed E-state index contributed by atoms with van der Waals surface area (Å²) in [7, 11) is 4.48. The van der Waals surface area contributed by atoms with E-state index in [1.807, 2.05) is 13.0 Å². The Morgan fingerprint density at radius 1 is 1.35 bits per heavy atom. The molecular formula is C20H23N7O4. The van der Waals surface area contributed by atoms with Crippen molar-refractivity contribution in [3.05, 3.63) is 35.5 Å². The fraction of sp³-hybridized carbons (Fsp3) is 0.350. The van der Waals surface area contributed by atoms with Crippen LogP contribution in [0.2, 0.25) is 0 Å². The second-order valence-corrected chi connectivity index (χ2v) is 7.26. The van der Waals surface area contributed by atoms with Gasteiger partial charge in [-0.1, -0.05) is 0 Å². The van der Waals surface area contributed by atoms with E-state index in [1.165, 1.54) is 18.1 Å². The van der Waals surface area contributed by atoms with Crippen molar-refractivity contribution >= 4 is 23.7 Å². The molecule has 1 aromatic heterocycles. The summed E-state index contributed by atoms with van der Waals surface area (Å²) in [5.41, 5.74) is 2.06. The summed E-state index contributed by atoms with van der Waals surface area (Å²) < 4.78 is 6.28. The number of nitriles is 1. The summed E-state index contributed by atoms with van der Waals surface area (Å²) in [5.74, 6) is -0.271. The minimum atomic E-state index is -0.687. The molecule has 1 atom stereocenters. The summed E-state index contributed by atoms with van der Waals surface area (Å²) in [4.78, 5) is 39.4. The molecule has 0 spiro atoms. The standard InChI is InChI=1S/C20H23N7O4/c1-12-10-26(11-22-19(29)25(2)3)18(28)17-8-16(24-27(12)17)14-6-5-13(9-21)7-15(14)23-20(30)31-4/h5-8,12H,10-11H2,1-4H3,(H,22,29)(H,23,30)/t12-/m0/s1. The van der Waals surface area contributed by atoms with Crippen LogP contribution >= 0.6 is 0 Å². The number of nitrogens with zero attached hydrogens (tertiary/aromatic N) is 5. The number of amides is 4. The lowest BCUT2D eigenvalue weighted by Gasteiger charge is -2.32. The Hall–Kier alpha value is -4.07. The van der Waals surface area contributed by atoms with Gasteiger partial charge in [-0.25, -0.2) is 9.59 Å². The van der Waals surface area contributed by atoms with Crippen LogP contribution in [0.15, 0.2) is 24.3 Å². The predicted octanol–water partition coefficient (Wildman–Crippen LogP) is 1.85. The van der Waals surface area contributed by atoms with Crippen LogP contribution in [0.25, 0.3) is 11.3 Å². The molecule has 11 nitrogen and oxygen atoms in total. The van der Waals surface area contributed by atoms with Gasteiger partial charge in [-0.15, -0.1) is 0 Å². The number of rotatable bonds is 4. The van der Waals surface area contributed by atoms with Crippen molar-refractivity contribution in [1.29, 1.82) is 5.26 Å². The Labute approximate surface area is 179 Å². The molecule has 0 radical (unpaired) electrons. The van der Waals surface area contributed by atoms with Crippen LogP contribution in [0.3, 0.4) is 0 Å². The van der Waals surface area contributed by atoms with E-state index in [0.29, 0.717) is 34.7 Å². The van der Waals surface area contributed by atoms with Gasteiger partial charge in [-0.05, 0) is 31.2 Å². The Balaban J connectivity index is 1.93. The minimum absolute atomic E-state index is 0.0761. The summed E-state index contributed by atoms with van der Waals surface area (Å²) in [6, 6.07) is 7.99. The normalized spacial score (nSPS) is 15.0. The van der Waals surface area contributed by atoms with Crippen LogP contribution in [-0.2, 0) is 4.74 Å². The molecule has 2 aromatic rings. The second-order valence-electron chi connectivity index (χ2n) is 7.26. The van der Waals surface area contributed by atoms with Crippen molar-refractivity contribution < 1.29 is 19.1 Å². The fourth-order valence-electron chi connectivity index (χ4n) is 3.22. The Kier molecular flexibility index (Phi) is 6.10. The number of urea groups is 1. The first-order valence-corrected chi connectivity index (χ1v) is 9.48. The smallest absolute Gasteiger partial charge is 0.411 e. The van der Waals surface area contributed by atoms with E-state index in [9.17, 15) is 19.6 Å². The van der Waals surface area contributed by atoms with Crippen molar-refractivity contribution in [2.45, 2.75) is 13.0 Å². The molecule has 0 saturated carbocycles. The molecule has 162 valence electrons. The highest BCUT2D eigenvalue weighted by molar-refractivity contribution is 5.96. The summed E-state index contributed by atoms with van der Waals surface area (Å²) in [5, 5.41) is 19.0. The molecule has 3 rings (SSSR count). The van der Waals surface area contributed by atoms with E-state index >= 15 is 0 Å². The molecule has 2 heterocycles. The maximum atomic E-state index is 13.0. The SMILES string of the molecule is COC(=O)Nc1cc(C#N)ccc1-c1cc2n(n1)[C@@H](C)CN(CNC(=O)N(C)C)C2=O. The molecule has 4 amide bonds. The first-order valence-electron chi connectivity index (χ1n) is 9.48. The zero-order valence-corrected chi connectivity index (χ0v) is 17.7. The largest absolute Gasteiger partial charge is 0.453 e. The van der Waals surface area contributed by atoms with E-state index in [0.717, 1.165) is 0 Å². The molecule has 2 N–H and O–H groups in total. The van der Waals surface area contributed by atoms with E-state index in [2.05, 4.69) is 20.5 Å². The van der Waals surface area contributed by atoms with Gasteiger partial charge in [0, 0.05) is 26.2 Å². The number of ether oxygens (including phenoxy) is 1. The van der Waals surface area contributed by atoms with Crippen LogP contribution < -0.4 is 10.6 Å². The first kappa shape index (κ1) is 21.6. The van der Waals surface area contributed by atoms with Gasteiger partial charge in [-0.2, -0.15) is 10.4 Å². The number of carbonyl (C=O) groups excluding carboxylic acids is 3.